The van der Waals surface area contributed by atoms with Crippen LogP contribution < -0.4 is 0 Å². The first-order valence-electron chi connectivity index (χ1n) is 5.70. The van der Waals surface area contributed by atoms with E-state index in [0.717, 1.165) is 18.4 Å². The maximum absolute atomic E-state index is 11.7. The molecule has 2 rings (SSSR count). The van der Waals surface area contributed by atoms with Crippen molar-refractivity contribution in [2.75, 3.05) is 5.88 Å². The van der Waals surface area contributed by atoms with Gasteiger partial charge in [0.25, 0.3) is 5.69 Å². The van der Waals surface area contributed by atoms with Crippen molar-refractivity contribution in [2.45, 2.75) is 25.4 Å². The molecule has 1 aliphatic carbocycles. The highest BCUT2D eigenvalue weighted by molar-refractivity contribution is 6.27. The summed E-state index contributed by atoms with van der Waals surface area (Å²) in [5, 5.41) is 10.7. The van der Waals surface area contributed by atoms with E-state index in [-0.39, 0.29) is 23.5 Å². The molecule has 0 spiro atoms. The van der Waals surface area contributed by atoms with Crippen LogP contribution in [0.2, 0.25) is 0 Å². The number of nitro groups is 1. The summed E-state index contributed by atoms with van der Waals surface area (Å²) in [7, 11) is 0. The largest absolute Gasteiger partial charge is 0.334 e. The highest BCUT2D eigenvalue weighted by Gasteiger charge is 2.32. The molecule has 0 radical (unpaired) electrons. The number of rotatable bonds is 5. The molecule has 0 heterocycles. The van der Waals surface area contributed by atoms with Gasteiger partial charge in [0.05, 0.1) is 4.92 Å². The van der Waals surface area contributed by atoms with Crippen LogP contribution in [0.25, 0.3) is 0 Å². The SMILES string of the molecule is O=C(CCl)N(Cc1cccc([N+](=O)[O-])c1)C1CC1. The van der Waals surface area contributed by atoms with E-state index in [1.165, 1.54) is 12.1 Å². The average Bonchev–Trinajstić information content (AvgIpc) is 3.19. The van der Waals surface area contributed by atoms with E-state index in [1.54, 1.807) is 17.0 Å². The molecule has 0 N–H and O–H groups in total. The third kappa shape index (κ3) is 2.98. The van der Waals surface area contributed by atoms with E-state index in [0.29, 0.717) is 6.54 Å². The molecular formula is C12H13ClN2O3. The lowest BCUT2D eigenvalue weighted by atomic mass is 10.2. The Labute approximate surface area is 109 Å². The zero-order valence-electron chi connectivity index (χ0n) is 9.71. The number of nitrogens with zero attached hydrogens (tertiary/aromatic N) is 2. The van der Waals surface area contributed by atoms with Gasteiger partial charge in [0.1, 0.15) is 5.88 Å². The highest BCUT2D eigenvalue weighted by Crippen LogP contribution is 2.29. The molecule has 0 aliphatic heterocycles. The number of carbonyl (C=O) groups excluding carboxylic acids is 1. The summed E-state index contributed by atoms with van der Waals surface area (Å²) >= 11 is 5.57. The standard InChI is InChI=1S/C12H13ClN2O3/c13-7-12(16)14(10-4-5-10)8-9-2-1-3-11(6-9)15(17)18/h1-3,6,10H,4-5,7-8H2. The van der Waals surface area contributed by atoms with Crippen LogP contribution in [0.15, 0.2) is 24.3 Å². The number of amides is 1. The molecule has 0 aromatic heterocycles. The lowest BCUT2D eigenvalue weighted by Crippen LogP contribution is -2.33. The highest BCUT2D eigenvalue weighted by atomic mass is 35.5. The molecule has 1 aromatic rings. The summed E-state index contributed by atoms with van der Waals surface area (Å²) in [4.78, 5) is 23.6. The molecule has 1 amide bonds. The van der Waals surface area contributed by atoms with E-state index in [1.807, 2.05) is 0 Å². The van der Waals surface area contributed by atoms with Gasteiger partial charge in [-0.05, 0) is 18.4 Å². The quantitative estimate of drug-likeness (QED) is 0.468. The first-order chi connectivity index (χ1) is 8.61. The van der Waals surface area contributed by atoms with Crippen LogP contribution in [-0.4, -0.2) is 27.7 Å². The summed E-state index contributed by atoms with van der Waals surface area (Å²) in [6.45, 7) is 0.387. The van der Waals surface area contributed by atoms with Gasteiger partial charge in [-0.3, -0.25) is 14.9 Å². The minimum atomic E-state index is -0.436. The van der Waals surface area contributed by atoms with E-state index in [9.17, 15) is 14.9 Å². The van der Waals surface area contributed by atoms with Gasteiger partial charge in [-0.1, -0.05) is 12.1 Å². The lowest BCUT2D eigenvalue weighted by molar-refractivity contribution is -0.384. The fourth-order valence-corrected chi connectivity index (χ4v) is 2.00. The maximum Gasteiger partial charge on any atom is 0.269 e. The van der Waals surface area contributed by atoms with Gasteiger partial charge in [-0.2, -0.15) is 0 Å². The molecular weight excluding hydrogens is 256 g/mol. The van der Waals surface area contributed by atoms with Crippen LogP contribution in [-0.2, 0) is 11.3 Å². The van der Waals surface area contributed by atoms with Gasteiger partial charge in [-0.15, -0.1) is 11.6 Å². The molecule has 6 heteroatoms. The maximum atomic E-state index is 11.7. The van der Waals surface area contributed by atoms with Crippen molar-refractivity contribution < 1.29 is 9.72 Å². The second-order valence-electron chi connectivity index (χ2n) is 4.31. The third-order valence-electron chi connectivity index (χ3n) is 2.90. The van der Waals surface area contributed by atoms with Gasteiger partial charge in [0.15, 0.2) is 0 Å². The predicted molar refractivity (Wildman–Crippen MR) is 67.4 cm³/mol. The van der Waals surface area contributed by atoms with Crippen LogP contribution in [0, 0.1) is 10.1 Å². The Morgan fingerprint density at radius 3 is 2.78 bits per heavy atom. The Kier molecular flexibility index (Phi) is 3.81. The molecule has 1 aliphatic rings. The number of halogens is 1. The zero-order chi connectivity index (χ0) is 13.1. The van der Waals surface area contributed by atoms with Crippen LogP contribution in [0.3, 0.4) is 0 Å². The second-order valence-corrected chi connectivity index (χ2v) is 4.58. The minimum absolute atomic E-state index is 0.0431. The molecule has 5 nitrogen and oxygen atoms in total. The van der Waals surface area contributed by atoms with Gasteiger partial charge in [-0.25, -0.2) is 0 Å². The normalized spacial score (nSPS) is 14.3. The molecule has 96 valence electrons. The Balaban J connectivity index is 2.13. The molecule has 18 heavy (non-hydrogen) atoms. The van der Waals surface area contributed by atoms with Crippen LogP contribution in [0.5, 0.6) is 0 Å². The number of hydrogen-bond donors (Lipinski definition) is 0. The fraction of sp³-hybridized carbons (Fsp3) is 0.417. The molecule has 1 fully saturated rings. The van der Waals surface area contributed by atoms with Crippen molar-refractivity contribution in [3.63, 3.8) is 0 Å². The Bertz CT molecular complexity index is 474. The van der Waals surface area contributed by atoms with E-state index in [4.69, 9.17) is 11.6 Å². The second kappa shape index (κ2) is 5.35. The Hall–Kier alpha value is -1.62. The molecule has 0 saturated heterocycles. The van der Waals surface area contributed by atoms with E-state index in [2.05, 4.69) is 0 Å². The van der Waals surface area contributed by atoms with Crippen molar-refractivity contribution in [2.24, 2.45) is 0 Å². The number of benzene rings is 1. The van der Waals surface area contributed by atoms with Gasteiger partial charge in [0, 0.05) is 24.7 Å². The molecule has 1 aromatic carbocycles. The molecule has 0 unspecified atom stereocenters. The predicted octanol–water partition coefficient (Wildman–Crippen LogP) is 2.32. The van der Waals surface area contributed by atoms with Gasteiger partial charge in [0.2, 0.25) is 5.91 Å². The van der Waals surface area contributed by atoms with Crippen molar-refractivity contribution >= 4 is 23.2 Å². The first kappa shape index (κ1) is 12.8. The smallest absolute Gasteiger partial charge is 0.269 e. The zero-order valence-corrected chi connectivity index (χ0v) is 10.5. The van der Waals surface area contributed by atoms with Crippen molar-refractivity contribution in [1.29, 1.82) is 0 Å². The van der Waals surface area contributed by atoms with Gasteiger partial charge >= 0.3 is 0 Å². The van der Waals surface area contributed by atoms with Gasteiger partial charge < -0.3 is 4.90 Å². The summed E-state index contributed by atoms with van der Waals surface area (Å²) in [5.41, 5.74) is 0.802. The van der Waals surface area contributed by atoms with E-state index < -0.39 is 4.92 Å². The number of alkyl halides is 1. The summed E-state index contributed by atoms with van der Waals surface area (Å²) in [6.07, 6.45) is 1.97. The number of carbonyl (C=O) groups is 1. The van der Waals surface area contributed by atoms with Crippen LogP contribution in [0.4, 0.5) is 5.69 Å². The summed E-state index contributed by atoms with van der Waals surface area (Å²) < 4.78 is 0. The van der Waals surface area contributed by atoms with Crippen molar-refractivity contribution in [1.82, 2.24) is 4.90 Å². The Morgan fingerprint density at radius 1 is 1.50 bits per heavy atom. The topological polar surface area (TPSA) is 63.5 Å². The molecule has 0 bridgehead atoms. The van der Waals surface area contributed by atoms with Crippen LogP contribution in [0.1, 0.15) is 18.4 Å². The average molecular weight is 269 g/mol. The fourth-order valence-electron chi connectivity index (χ4n) is 1.85. The monoisotopic (exact) mass is 268 g/mol. The molecule has 1 saturated carbocycles. The van der Waals surface area contributed by atoms with Crippen LogP contribution >= 0.6 is 11.6 Å². The Morgan fingerprint density at radius 2 is 2.22 bits per heavy atom. The number of hydrogen-bond acceptors (Lipinski definition) is 3. The third-order valence-corrected chi connectivity index (χ3v) is 3.13. The van der Waals surface area contributed by atoms with Crippen molar-refractivity contribution in [3.8, 4) is 0 Å². The minimum Gasteiger partial charge on any atom is -0.334 e. The number of nitro benzene ring substituents is 1. The lowest BCUT2D eigenvalue weighted by Gasteiger charge is -2.21. The summed E-state index contributed by atoms with van der Waals surface area (Å²) in [6, 6.07) is 6.59. The van der Waals surface area contributed by atoms with E-state index >= 15 is 0 Å². The molecule has 0 atom stereocenters. The van der Waals surface area contributed by atoms with Crippen molar-refractivity contribution in [3.05, 3.63) is 39.9 Å². The summed E-state index contributed by atoms with van der Waals surface area (Å²) in [5.74, 6) is -0.170. The first-order valence-corrected chi connectivity index (χ1v) is 6.24. The number of non-ortho nitro benzene ring substituents is 1.